The topological polar surface area (TPSA) is 73.9 Å². The van der Waals surface area contributed by atoms with Crippen molar-refractivity contribution in [1.29, 1.82) is 0 Å². The zero-order valence-electron chi connectivity index (χ0n) is 17.2. The molecule has 1 N–H and O–H groups in total. The van der Waals surface area contributed by atoms with Crippen LogP contribution in [0.4, 0.5) is 5.00 Å². The maximum absolute atomic E-state index is 12.8. The van der Waals surface area contributed by atoms with Gasteiger partial charge in [0.1, 0.15) is 22.1 Å². The van der Waals surface area contributed by atoms with Crippen molar-refractivity contribution in [3.63, 3.8) is 0 Å². The molecule has 3 rings (SSSR count). The molecule has 0 saturated carbocycles. The molecule has 0 bridgehead atoms. The monoisotopic (exact) mass is 425 g/mol. The molecule has 0 radical (unpaired) electrons. The molecule has 156 valence electrons. The minimum absolute atomic E-state index is 0.341. The Morgan fingerprint density at radius 2 is 1.70 bits per heavy atom. The zero-order chi connectivity index (χ0) is 21.7. The molecule has 0 aliphatic rings. The Hall–Kier alpha value is -3.32. The van der Waals surface area contributed by atoms with E-state index in [0.29, 0.717) is 22.1 Å². The highest BCUT2D eigenvalue weighted by Crippen LogP contribution is 2.40. The molecule has 0 aliphatic carbocycles. The van der Waals surface area contributed by atoms with Crippen molar-refractivity contribution in [3.8, 4) is 22.6 Å². The van der Waals surface area contributed by atoms with E-state index in [2.05, 4.69) is 5.32 Å². The fourth-order valence-electron chi connectivity index (χ4n) is 3.03. The summed E-state index contributed by atoms with van der Waals surface area (Å²) in [4.78, 5) is 26.2. The SMILES string of the molecule is COC(=O)c1c(NC(=O)C(C)Oc2cccc(OC)c2)sc(C)c1-c1ccccc1. The van der Waals surface area contributed by atoms with Crippen molar-refractivity contribution in [2.75, 3.05) is 19.5 Å². The molecule has 3 aromatic rings. The van der Waals surface area contributed by atoms with E-state index in [9.17, 15) is 9.59 Å². The van der Waals surface area contributed by atoms with Crippen LogP contribution in [0.2, 0.25) is 0 Å². The molecule has 1 heterocycles. The highest BCUT2D eigenvalue weighted by molar-refractivity contribution is 7.17. The molecule has 7 heteroatoms. The quantitative estimate of drug-likeness (QED) is 0.544. The van der Waals surface area contributed by atoms with Gasteiger partial charge in [0.15, 0.2) is 6.10 Å². The third-order valence-corrected chi connectivity index (χ3v) is 5.52. The Kier molecular flexibility index (Phi) is 6.74. The van der Waals surface area contributed by atoms with Crippen LogP contribution in [-0.4, -0.2) is 32.2 Å². The lowest BCUT2D eigenvalue weighted by Gasteiger charge is -2.15. The van der Waals surface area contributed by atoms with Gasteiger partial charge in [0.25, 0.3) is 5.91 Å². The highest BCUT2D eigenvalue weighted by atomic mass is 32.1. The molecule has 1 atom stereocenters. The van der Waals surface area contributed by atoms with E-state index in [1.165, 1.54) is 18.4 Å². The molecular formula is C23H23NO5S. The second kappa shape index (κ2) is 9.45. The van der Waals surface area contributed by atoms with Crippen molar-refractivity contribution >= 4 is 28.2 Å². The third kappa shape index (κ3) is 4.63. The van der Waals surface area contributed by atoms with Gasteiger partial charge in [-0.05, 0) is 31.5 Å². The Morgan fingerprint density at radius 3 is 2.37 bits per heavy atom. The van der Waals surface area contributed by atoms with Crippen LogP contribution in [0.1, 0.15) is 22.2 Å². The summed E-state index contributed by atoms with van der Waals surface area (Å²) < 4.78 is 15.9. The van der Waals surface area contributed by atoms with Crippen LogP contribution in [0.25, 0.3) is 11.1 Å². The fraction of sp³-hybridized carbons (Fsp3) is 0.217. The van der Waals surface area contributed by atoms with E-state index in [0.717, 1.165) is 16.0 Å². The van der Waals surface area contributed by atoms with Crippen molar-refractivity contribution in [1.82, 2.24) is 0 Å². The highest BCUT2D eigenvalue weighted by Gasteiger charge is 2.26. The predicted molar refractivity (Wildman–Crippen MR) is 118 cm³/mol. The number of anilines is 1. The van der Waals surface area contributed by atoms with Crippen LogP contribution in [0.3, 0.4) is 0 Å². The first-order valence-corrected chi connectivity index (χ1v) is 10.1. The number of amides is 1. The van der Waals surface area contributed by atoms with Gasteiger partial charge in [-0.3, -0.25) is 4.79 Å². The maximum atomic E-state index is 12.8. The summed E-state index contributed by atoms with van der Waals surface area (Å²) in [5.74, 6) is 0.269. The van der Waals surface area contributed by atoms with Crippen molar-refractivity contribution in [3.05, 3.63) is 65.0 Å². The van der Waals surface area contributed by atoms with Gasteiger partial charge in [-0.25, -0.2) is 4.79 Å². The summed E-state index contributed by atoms with van der Waals surface area (Å²) in [5.41, 5.74) is 1.98. The number of thiophene rings is 1. The first-order valence-electron chi connectivity index (χ1n) is 9.33. The average molecular weight is 426 g/mol. The molecular weight excluding hydrogens is 402 g/mol. The molecule has 0 aliphatic heterocycles. The van der Waals surface area contributed by atoms with Gasteiger partial charge >= 0.3 is 5.97 Å². The summed E-state index contributed by atoms with van der Waals surface area (Å²) in [5, 5.41) is 3.26. The smallest absolute Gasteiger partial charge is 0.341 e. The van der Waals surface area contributed by atoms with Crippen LogP contribution in [0.15, 0.2) is 54.6 Å². The lowest BCUT2D eigenvalue weighted by atomic mass is 10.0. The van der Waals surface area contributed by atoms with E-state index in [1.807, 2.05) is 37.3 Å². The number of esters is 1. The Bertz CT molecular complexity index is 1050. The van der Waals surface area contributed by atoms with Crippen LogP contribution in [0.5, 0.6) is 11.5 Å². The van der Waals surface area contributed by atoms with Crippen LogP contribution >= 0.6 is 11.3 Å². The number of rotatable bonds is 7. The number of hydrogen-bond acceptors (Lipinski definition) is 6. The molecule has 0 spiro atoms. The van der Waals surface area contributed by atoms with Gasteiger partial charge < -0.3 is 19.5 Å². The molecule has 6 nitrogen and oxygen atoms in total. The van der Waals surface area contributed by atoms with E-state index in [4.69, 9.17) is 14.2 Å². The second-order valence-electron chi connectivity index (χ2n) is 6.52. The largest absolute Gasteiger partial charge is 0.497 e. The van der Waals surface area contributed by atoms with Crippen LogP contribution in [0, 0.1) is 6.92 Å². The average Bonchev–Trinajstić information content (AvgIpc) is 3.09. The first-order chi connectivity index (χ1) is 14.4. The van der Waals surface area contributed by atoms with E-state index < -0.39 is 12.1 Å². The number of ether oxygens (including phenoxy) is 3. The van der Waals surface area contributed by atoms with Crippen LogP contribution in [-0.2, 0) is 9.53 Å². The van der Waals surface area contributed by atoms with Crippen molar-refractivity contribution in [2.24, 2.45) is 0 Å². The lowest BCUT2D eigenvalue weighted by Crippen LogP contribution is -2.30. The summed E-state index contributed by atoms with van der Waals surface area (Å²) in [6.45, 7) is 3.55. The summed E-state index contributed by atoms with van der Waals surface area (Å²) in [6.07, 6.45) is -0.787. The van der Waals surface area contributed by atoms with Crippen molar-refractivity contribution in [2.45, 2.75) is 20.0 Å². The summed E-state index contributed by atoms with van der Waals surface area (Å²) in [6, 6.07) is 16.6. The molecule has 2 aromatic carbocycles. The third-order valence-electron chi connectivity index (χ3n) is 4.50. The van der Waals surface area contributed by atoms with E-state index >= 15 is 0 Å². The molecule has 1 amide bonds. The van der Waals surface area contributed by atoms with Gasteiger partial charge in [0.2, 0.25) is 0 Å². The minimum Gasteiger partial charge on any atom is -0.497 e. The first kappa shape index (κ1) is 21.4. The maximum Gasteiger partial charge on any atom is 0.341 e. The van der Waals surface area contributed by atoms with Crippen molar-refractivity contribution < 1.29 is 23.8 Å². The summed E-state index contributed by atoms with van der Waals surface area (Å²) >= 11 is 1.33. The number of aryl methyl sites for hydroxylation is 1. The number of carbonyl (C=O) groups excluding carboxylic acids is 2. The normalized spacial score (nSPS) is 11.5. The molecule has 1 aromatic heterocycles. The van der Waals surface area contributed by atoms with E-state index in [1.54, 1.807) is 38.3 Å². The van der Waals surface area contributed by atoms with Crippen LogP contribution < -0.4 is 14.8 Å². The number of methoxy groups -OCH3 is 2. The van der Waals surface area contributed by atoms with Gasteiger partial charge in [0.05, 0.1) is 14.2 Å². The Balaban J connectivity index is 1.86. The van der Waals surface area contributed by atoms with Gasteiger partial charge in [-0.15, -0.1) is 11.3 Å². The molecule has 30 heavy (non-hydrogen) atoms. The van der Waals surface area contributed by atoms with Gasteiger partial charge in [-0.1, -0.05) is 36.4 Å². The predicted octanol–water partition coefficient (Wildman–Crippen LogP) is 4.92. The Morgan fingerprint density at radius 1 is 1.00 bits per heavy atom. The lowest BCUT2D eigenvalue weighted by molar-refractivity contribution is -0.122. The Labute approximate surface area is 179 Å². The second-order valence-corrected chi connectivity index (χ2v) is 7.75. The molecule has 1 unspecified atom stereocenters. The number of nitrogens with one attached hydrogen (secondary N) is 1. The van der Waals surface area contributed by atoms with Gasteiger partial charge in [-0.2, -0.15) is 0 Å². The fourth-order valence-corrected chi connectivity index (χ4v) is 4.09. The minimum atomic E-state index is -0.787. The number of carbonyl (C=O) groups is 2. The zero-order valence-corrected chi connectivity index (χ0v) is 18.0. The van der Waals surface area contributed by atoms with Gasteiger partial charge in [0, 0.05) is 16.5 Å². The van der Waals surface area contributed by atoms with E-state index in [-0.39, 0.29) is 5.91 Å². The molecule has 0 fully saturated rings. The standard InChI is InChI=1S/C23H23NO5S/c1-14(29-18-12-8-11-17(13-18)27-3)21(25)24-22-20(23(26)28-4)19(15(2)30-22)16-9-6-5-7-10-16/h5-14H,1-4H3,(H,24,25). The number of hydrogen-bond donors (Lipinski definition) is 1. The molecule has 0 saturated heterocycles. The number of benzene rings is 2. The summed E-state index contributed by atoms with van der Waals surface area (Å²) in [7, 11) is 2.89.